The van der Waals surface area contributed by atoms with Gasteiger partial charge >= 0.3 is 5.97 Å². The summed E-state index contributed by atoms with van der Waals surface area (Å²) < 4.78 is 5.78. The van der Waals surface area contributed by atoms with Crippen LogP contribution in [-0.2, 0) is 60.9 Å². The number of amides is 5. The fourth-order valence-corrected chi connectivity index (χ4v) is 8.61. The zero-order chi connectivity index (χ0) is 45.9. The Balaban J connectivity index is 1.21. The van der Waals surface area contributed by atoms with Gasteiger partial charge in [0.05, 0.1) is 0 Å². The van der Waals surface area contributed by atoms with Gasteiger partial charge in [-0.3, -0.25) is 24.0 Å². The molecule has 6 N–H and O–H groups in total. The summed E-state index contributed by atoms with van der Waals surface area (Å²) in [6.07, 6.45) is 2.16. The van der Waals surface area contributed by atoms with Crippen LogP contribution in [-0.4, -0.2) is 76.9 Å². The normalized spacial score (nSPS) is 20.2. The van der Waals surface area contributed by atoms with E-state index in [2.05, 4.69) is 64.7 Å². The van der Waals surface area contributed by atoms with Gasteiger partial charge in [0, 0.05) is 24.1 Å². The third-order valence-corrected chi connectivity index (χ3v) is 12.6. The number of carbonyl (C=O) groups is 6. The third-order valence-electron chi connectivity index (χ3n) is 11.7. The highest BCUT2D eigenvalue weighted by atomic mass is 32.1. The van der Waals surface area contributed by atoms with Gasteiger partial charge in [0.25, 0.3) is 5.91 Å². The summed E-state index contributed by atoms with van der Waals surface area (Å²) in [4.78, 5) is 83.7. The Morgan fingerprint density at radius 2 is 1.32 bits per heavy atom. The molecule has 4 aromatic carbocycles. The molecular formula is C51H55N5O8S. The fourth-order valence-electron chi connectivity index (χ4n) is 7.86. The number of fused-ring (bicyclic) bond motifs is 16. The second-order valence-corrected chi connectivity index (χ2v) is 18.4. The molecule has 1 aromatic heterocycles. The number of carboxylic acids is 1. The molecule has 8 rings (SSSR count). The molecule has 1 saturated carbocycles. The minimum atomic E-state index is -1.42. The Morgan fingerprint density at radius 1 is 0.708 bits per heavy atom. The number of thiophene rings is 1. The van der Waals surface area contributed by atoms with E-state index < -0.39 is 71.8 Å². The third kappa shape index (κ3) is 12.9. The van der Waals surface area contributed by atoms with Crippen LogP contribution >= 0.6 is 11.3 Å². The van der Waals surface area contributed by atoms with Crippen molar-refractivity contribution in [3.8, 4) is 16.9 Å². The summed E-state index contributed by atoms with van der Waals surface area (Å²) in [5.41, 5.74) is 4.09. The molecule has 4 atom stereocenters. The molecule has 2 aliphatic heterocycles. The molecule has 1 aliphatic carbocycles. The van der Waals surface area contributed by atoms with Gasteiger partial charge in [0.1, 0.15) is 35.5 Å². The number of nitrogens with one attached hydrogen (secondary N) is 5. The highest BCUT2D eigenvalue weighted by Crippen LogP contribution is 2.35. The summed E-state index contributed by atoms with van der Waals surface area (Å²) >= 11 is 1.43. The van der Waals surface area contributed by atoms with Crippen LogP contribution in [0.2, 0.25) is 0 Å². The lowest BCUT2D eigenvalue weighted by molar-refractivity contribution is -0.143. The Hall–Kier alpha value is -6.80. The Bertz CT molecular complexity index is 2440. The summed E-state index contributed by atoms with van der Waals surface area (Å²) in [5, 5.41) is 25.8. The van der Waals surface area contributed by atoms with Crippen LogP contribution in [0.3, 0.4) is 0 Å². The van der Waals surface area contributed by atoms with E-state index in [1.54, 1.807) is 24.3 Å². The Morgan fingerprint density at radius 3 is 1.92 bits per heavy atom. The molecule has 0 radical (unpaired) electrons. The standard InChI is InChI=1S/C51H55N5O8S/c1-32(2)27-34-10-17-37(18-11-34)38-19-12-35(13-20-38)28-42-47(59)53-41(23-16-33-7-4-3-5-8-33)46(58)55-43(49(61)56-51(24-25-51)50(62)63)29-36-14-21-39(22-15-36)64-31-45(57)52-44(48(60)54-42)30-40-9-6-26-65-40/h3-15,17-22,26,32,41-44H,16,23-25,27-31H2,1-2H3,(H,52,57)(H,53,59)(H,54,60)(H,55,58)(H,56,61)(H,62,63). The van der Waals surface area contributed by atoms with Crippen LogP contribution in [0.15, 0.2) is 121 Å². The van der Waals surface area contributed by atoms with Gasteiger partial charge in [-0.05, 0) is 95.0 Å². The molecular weight excluding hydrogens is 843 g/mol. The number of aliphatic carboxylic acids is 1. The molecule has 338 valence electrons. The average Bonchev–Trinajstić information content (AvgIpc) is 3.90. The molecule has 65 heavy (non-hydrogen) atoms. The highest BCUT2D eigenvalue weighted by Gasteiger charge is 2.52. The first kappa shape index (κ1) is 46.2. The average molecular weight is 898 g/mol. The summed E-state index contributed by atoms with van der Waals surface area (Å²) in [6.45, 7) is 3.96. The lowest BCUT2D eigenvalue weighted by Gasteiger charge is -2.27. The molecule has 0 spiro atoms. The smallest absolute Gasteiger partial charge is 0.329 e. The zero-order valence-electron chi connectivity index (χ0n) is 36.5. The summed E-state index contributed by atoms with van der Waals surface area (Å²) in [5.74, 6) is -3.46. The van der Waals surface area contributed by atoms with Crippen LogP contribution in [0.5, 0.6) is 5.75 Å². The van der Waals surface area contributed by atoms with Gasteiger partial charge in [-0.25, -0.2) is 4.79 Å². The van der Waals surface area contributed by atoms with E-state index in [4.69, 9.17) is 4.74 Å². The molecule has 2 bridgehead atoms. The first-order chi connectivity index (χ1) is 31.3. The molecule has 3 aliphatic rings. The van der Waals surface area contributed by atoms with Crippen molar-refractivity contribution in [2.24, 2.45) is 5.92 Å². The first-order valence-electron chi connectivity index (χ1n) is 22.0. The van der Waals surface area contributed by atoms with E-state index in [1.807, 2.05) is 72.1 Å². The molecule has 4 unspecified atom stereocenters. The maximum absolute atomic E-state index is 14.7. The summed E-state index contributed by atoms with van der Waals surface area (Å²) in [7, 11) is 0. The van der Waals surface area contributed by atoms with Crippen molar-refractivity contribution in [1.82, 2.24) is 26.6 Å². The van der Waals surface area contributed by atoms with E-state index in [1.165, 1.54) is 16.9 Å². The van der Waals surface area contributed by atoms with Crippen molar-refractivity contribution in [2.45, 2.75) is 94.9 Å². The first-order valence-corrected chi connectivity index (χ1v) is 22.9. The SMILES string of the molecule is CC(C)Cc1ccc(-c2ccc(CC3NC(=O)C(Cc4cccs4)NC(=O)COc4ccc(cc4)CC(C(=O)NC4(C(=O)O)CC4)NC(=O)C(CCc4ccccc4)NC3=O)cc2)cc1. The van der Waals surface area contributed by atoms with Crippen LogP contribution in [0.25, 0.3) is 11.1 Å². The number of benzene rings is 4. The van der Waals surface area contributed by atoms with Crippen molar-refractivity contribution in [2.75, 3.05) is 6.61 Å². The van der Waals surface area contributed by atoms with E-state index in [0.717, 1.165) is 33.6 Å². The van der Waals surface area contributed by atoms with Crippen LogP contribution in [0.1, 0.15) is 60.2 Å². The molecule has 3 heterocycles. The summed E-state index contributed by atoms with van der Waals surface area (Å²) in [6, 6.07) is 31.1. The van der Waals surface area contributed by atoms with Gasteiger partial charge in [-0.2, -0.15) is 0 Å². The molecule has 1 fully saturated rings. The van der Waals surface area contributed by atoms with Crippen molar-refractivity contribution in [3.05, 3.63) is 148 Å². The van der Waals surface area contributed by atoms with Gasteiger partial charge in [-0.1, -0.05) is 111 Å². The molecule has 14 heteroatoms. The minimum absolute atomic E-state index is 0.0193. The van der Waals surface area contributed by atoms with E-state index >= 15 is 0 Å². The van der Waals surface area contributed by atoms with Crippen molar-refractivity contribution >= 4 is 46.8 Å². The predicted molar refractivity (Wildman–Crippen MR) is 248 cm³/mol. The van der Waals surface area contributed by atoms with E-state index in [9.17, 15) is 33.9 Å². The van der Waals surface area contributed by atoms with Crippen LogP contribution in [0, 0.1) is 5.92 Å². The second kappa shape index (κ2) is 21.3. The van der Waals surface area contributed by atoms with Crippen LogP contribution < -0.4 is 31.3 Å². The minimum Gasteiger partial charge on any atom is -0.484 e. The Labute approximate surface area is 382 Å². The van der Waals surface area contributed by atoms with Crippen molar-refractivity contribution < 1.29 is 38.6 Å². The van der Waals surface area contributed by atoms with Gasteiger partial charge in [-0.15, -0.1) is 11.3 Å². The molecule has 5 aromatic rings. The monoisotopic (exact) mass is 897 g/mol. The van der Waals surface area contributed by atoms with Crippen molar-refractivity contribution in [1.29, 1.82) is 0 Å². The number of carbonyl (C=O) groups excluding carboxylic acids is 5. The maximum atomic E-state index is 14.7. The number of carboxylic acid groups (broad SMARTS) is 1. The number of hydrogen-bond donors (Lipinski definition) is 6. The highest BCUT2D eigenvalue weighted by molar-refractivity contribution is 7.09. The van der Waals surface area contributed by atoms with Crippen LogP contribution in [0.4, 0.5) is 0 Å². The number of rotatable bonds is 13. The van der Waals surface area contributed by atoms with E-state index in [0.29, 0.717) is 23.7 Å². The lowest BCUT2D eigenvalue weighted by atomic mass is 9.97. The number of ether oxygens (including phenoxy) is 1. The lowest BCUT2D eigenvalue weighted by Crippen LogP contribution is -2.60. The fraction of sp³-hybridized carbons (Fsp3) is 0.333. The van der Waals surface area contributed by atoms with E-state index in [-0.39, 0.29) is 38.5 Å². The molecule has 13 nitrogen and oxygen atoms in total. The van der Waals surface area contributed by atoms with Gasteiger partial charge in [0.2, 0.25) is 23.6 Å². The van der Waals surface area contributed by atoms with Gasteiger partial charge in [0.15, 0.2) is 6.61 Å². The topological polar surface area (TPSA) is 192 Å². The second-order valence-electron chi connectivity index (χ2n) is 17.3. The molecule has 0 saturated heterocycles. The number of hydrogen-bond acceptors (Lipinski definition) is 8. The zero-order valence-corrected chi connectivity index (χ0v) is 37.3. The maximum Gasteiger partial charge on any atom is 0.329 e. The van der Waals surface area contributed by atoms with Gasteiger partial charge < -0.3 is 36.4 Å². The van der Waals surface area contributed by atoms with Crippen molar-refractivity contribution in [3.63, 3.8) is 0 Å². The Kier molecular flexibility index (Phi) is 15.1. The predicted octanol–water partition coefficient (Wildman–Crippen LogP) is 5.34. The largest absolute Gasteiger partial charge is 0.484 e. The quantitative estimate of drug-likeness (QED) is 0.0854. The number of aryl methyl sites for hydroxylation is 1. The molecule has 5 amide bonds.